The monoisotopic (exact) mass is 272 g/mol. The van der Waals surface area contributed by atoms with Gasteiger partial charge in [0.25, 0.3) is 0 Å². The molecule has 1 amide bonds. The van der Waals surface area contributed by atoms with E-state index in [1.165, 1.54) is 0 Å². The summed E-state index contributed by atoms with van der Waals surface area (Å²) in [6, 6.07) is 5.48. The fourth-order valence-corrected chi connectivity index (χ4v) is 2.06. The Hall–Kier alpha value is -2.30. The Labute approximate surface area is 118 Å². The van der Waals surface area contributed by atoms with Crippen LogP contribution in [0.3, 0.4) is 0 Å². The summed E-state index contributed by atoms with van der Waals surface area (Å²) in [6.45, 7) is 8.01. The van der Waals surface area contributed by atoms with E-state index in [-0.39, 0.29) is 12.5 Å². The van der Waals surface area contributed by atoms with Gasteiger partial charge in [-0.2, -0.15) is 5.10 Å². The molecule has 5 heteroatoms. The number of nitrogens with one attached hydrogen (secondary N) is 1. The predicted molar refractivity (Wildman–Crippen MR) is 80.7 cm³/mol. The maximum atomic E-state index is 12.1. The summed E-state index contributed by atoms with van der Waals surface area (Å²) in [4.78, 5) is 12.1. The van der Waals surface area contributed by atoms with Gasteiger partial charge in [0.1, 0.15) is 6.54 Å². The molecule has 106 valence electrons. The predicted octanol–water partition coefficient (Wildman–Crippen LogP) is 2.34. The molecular formula is C15H20N4O. The molecule has 0 aliphatic carbocycles. The maximum absolute atomic E-state index is 12.1. The van der Waals surface area contributed by atoms with Crippen molar-refractivity contribution in [3.8, 4) is 0 Å². The zero-order chi connectivity index (χ0) is 14.9. The molecule has 0 atom stereocenters. The van der Waals surface area contributed by atoms with Gasteiger partial charge in [-0.3, -0.25) is 9.48 Å². The summed E-state index contributed by atoms with van der Waals surface area (Å²) in [6.07, 6.45) is 0. The van der Waals surface area contributed by atoms with E-state index in [0.29, 0.717) is 5.69 Å². The first-order chi connectivity index (χ1) is 9.40. The minimum absolute atomic E-state index is 0.107. The molecule has 2 rings (SSSR count). The van der Waals surface area contributed by atoms with Gasteiger partial charge >= 0.3 is 0 Å². The van der Waals surface area contributed by atoms with Crippen LogP contribution in [-0.4, -0.2) is 15.7 Å². The van der Waals surface area contributed by atoms with E-state index in [4.69, 9.17) is 5.73 Å². The number of anilines is 2. The van der Waals surface area contributed by atoms with Crippen LogP contribution in [0.15, 0.2) is 18.2 Å². The third kappa shape index (κ3) is 2.66. The van der Waals surface area contributed by atoms with Crippen LogP contribution in [0.5, 0.6) is 0 Å². The van der Waals surface area contributed by atoms with Crippen LogP contribution < -0.4 is 11.1 Å². The second-order valence-electron chi connectivity index (χ2n) is 5.02. The fraction of sp³-hybridized carbons (Fsp3) is 0.333. The fourth-order valence-electron chi connectivity index (χ4n) is 2.06. The molecule has 0 fully saturated rings. The molecular weight excluding hydrogens is 252 g/mol. The normalized spacial score (nSPS) is 10.6. The zero-order valence-corrected chi connectivity index (χ0v) is 12.3. The van der Waals surface area contributed by atoms with Crippen molar-refractivity contribution in [3.63, 3.8) is 0 Å². The molecule has 20 heavy (non-hydrogen) atoms. The molecule has 1 aromatic heterocycles. The van der Waals surface area contributed by atoms with Gasteiger partial charge < -0.3 is 11.1 Å². The molecule has 1 heterocycles. The molecule has 5 nitrogen and oxygen atoms in total. The number of benzene rings is 1. The number of nitrogen functional groups attached to an aromatic ring is 1. The van der Waals surface area contributed by atoms with E-state index in [9.17, 15) is 4.79 Å². The highest BCUT2D eigenvalue weighted by molar-refractivity contribution is 5.92. The third-order valence-electron chi connectivity index (χ3n) is 3.69. The number of nitrogens with two attached hydrogens (primary N) is 1. The van der Waals surface area contributed by atoms with E-state index in [1.54, 1.807) is 4.68 Å². The maximum Gasteiger partial charge on any atom is 0.246 e. The van der Waals surface area contributed by atoms with Gasteiger partial charge in [0.15, 0.2) is 0 Å². The quantitative estimate of drug-likeness (QED) is 0.842. The topological polar surface area (TPSA) is 72.9 Å². The van der Waals surface area contributed by atoms with Crippen molar-refractivity contribution in [1.82, 2.24) is 9.78 Å². The molecule has 0 unspecified atom stereocenters. The molecule has 0 radical (unpaired) electrons. The number of carbonyl (C=O) groups excluding carboxylic acids is 1. The number of aryl methyl sites for hydroxylation is 1. The van der Waals surface area contributed by atoms with Gasteiger partial charge in [-0.25, -0.2) is 0 Å². The summed E-state index contributed by atoms with van der Waals surface area (Å²) in [5.74, 6) is -0.107. The summed E-state index contributed by atoms with van der Waals surface area (Å²) in [5.41, 5.74) is 11.2. The van der Waals surface area contributed by atoms with Crippen LogP contribution in [0, 0.1) is 27.7 Å². The highest BCUT2D eigenvalue weighted by atomic mass is 16.2. The van der Waals surface area contributed by atoms with Gasteiger partial charge in [-0.1, -0.05) is 6.07 Å². The van der Waals surface area contributed by atoms with Crippen LogP contribution in [0.2, 0.25) is 0 Å². The van der Waals surface area contributed by atoms with Crippen molar-refractivity contribution in [2.24, 2.45) is 0 Å². The minimum atomic E-state index is -0.107. The van der Waals surface area contributed by atoms with Crippen molar-refractivity contribution in [2.75, 3.05) is 11.1 Å². The highest BCUT2D eigenvalue weighted by Crippen LogP contribution is 2.20. The molecule has 0 aliphatic heterocycles. The van der Waals surface area contributed by atoms with Crippen molar-refractivity contribution in [3.05, 3.63) is 40.7 Å². The van der Waals surface area contributed by atoms with Gasteiger partial charge in [-0.05, 0) is 51.0 Å². The van der Waals surface area contributed by atoms with E-state index in [0.717, 1.165) is 28.2 Å². The molecule has 0 saturated carbocycles. The average molecular weight is 272 g/mol. The summed E-state index contributed by atoms with van der Waals surface area (Å²) in [7, 11) is 0. The van der Waals surface area contributed by atoms with E-state index >= 15 is 0 Å². The number of nitrogens with zero attached hydrogens (tertiary/aromatic N) is 2. The number of carbonyl (C=O) groups is 1. The van der Waals surface area contributed by atoms with Gasteiger partial charge in [-0.15, -0.1) is 0 Å². The Kier molecular flexibility index (Phi) is 3.79. The molecule has 0 saturated heterocycles. The number of amides is 1. The lowest BCUT2D eigenvalue weighted by atomic mass is 10.1. The largest absolute Gasteiger partial charge is 0.398 e. The SMILES string of the molecule is Cc1nn(CC(=O)Nc2cccc(N)c2C)c(C)c1C. The Morgan fingerprint density at radius 1 is 1.25 bits per heavy atom. The smallest absolute Gasteiger partial charge is 0.246 e. The Morgan fingerprint density at radius 2 is 1.95 bits per heavy atom. The third-order valence-corrected chi connectivity index (χ3v) is 3.69. The van der Waals surface area contributed by atoms with Crippen molar-refractivity contribution < 1.29 is 4.79 Å². The number of rotatable bonds is 3. The number of aromatic nitrogens is 2. The minimum Gasteiger partial charge on any atom is -0.398 e. The van der Waals surface area contributed by atoms with Crippen LogP contribution in [-0.2, 0) is 11.3 Å². The van der Waals surface area contributed by atoms with Crippen LogP contribution >= 0.6 is 0 Å². The van der Waals surface area contributed by atoms with Gasteiger partial charge in [0, 0.05) is 17.1 Å². The van der Waals surface area contributed by atoms with E-state index < -0.39 is 0 Å². The molecule has 3 N–H and O–H groups in total. The van der Waals surface area contributed by atoms with E-state index in [2.05, 4.69) is 10.4 Å². The van der Waals surface area contributed by atoms with Gasteiger partial charge in [0.2, 0.25) is 5.91 Å². The summed E-state index contributed by atoms with van der Waals surface area (Å²) >= 11 is 0. The zero-order valence-electron chi connectivity index (χ0n) is 12.3. The first-order valence-corrected chi connectivity index (χ1v) is 6.55. The molecule has 2 aromatic rings. The number of hydrogen-bond acceptors (Lipinski definition) is 3. The van der Waals surface area contributed by atoms with E-state index in [1.807, 2.05) is 45.9 Å². The standard InChI is InChI=1S/C15H20N4O/c1-9-11(3)18-19(12(9)4)8-15(20)17-14-7-5-6-13(16)10(14)2/h5-7H,8,16H2,1-4H3,(H,17,20). The van der Waals surface area contributed by atoms with Crippen molar-refractivity contribution >= 4 is 17.3 Å². The Bertz CT molecular complexity index is 658. The first-order valence-electron chi connectivity index (χ1n) is 6.55. The lowest BCUT2D eigenvalue weighted by Gasteiger charge is -2.10. The first kappa shape index (κ1) is 14.1. The highest BCUT2D eigenvalue weighted by Gasteiger charge is 2.12. The Balaban J connectivity index is 2.13. The average Bonchev–Trinajstić information content (AvgIpc) is 2.63. The van der Waals surface area contributed by atoms with Gasteiger partial charge in [0.05, 0.1) is 5.69 Å². The second-order valence-corrected chi connectivity index (χ2v) is 5.02. The van der Waals surface area contributed by atoms with Crippen molar-refractivity contribution in [1.29, 1.82) is 0 Å². The molecule has 0 aliphatic rings. The Morgan fingerprint density at radius 3 is 2.55 bits per heavy atom. The second kappa shape index (κ2) is 5.36. The molecule has 0 spiro atoms. The van der Waals surface area contributed by atoms with Crippen LogP contribution in [0.25, 0.3) is 0 Å². The summed E-state index contributed by atoms with van der Waals surface area (Å²) in [5, 5.41) is 7.24. The van der Waals surface area contributed by atoms with Crippen LogP contribution in [0.1, 0.15) is 22.5 Å². The lowest BCUT2D eigenvalue weighted by molar-refractivity contribution is -0.116. The molecule has 0 bridgehead atoms. The lowest BCUT2D eigenvalue weighted by Crippen LogP contribution is -2.21. The molecule has 1 aromatic carbocycles. The number of hydrogen-bond donors (Lipinski definition) is 2. The summed E-state index contributed by atoms with van der Waals surface area (Å²) < 4.78 is 1.72. The van der Waals surface area contributed by atoms with Crippen LogP contribution in [0.4, 0.5) is 11.4 Å². The van der Waals surface area contributed by atoms with Crippen molar-refractivity contribution in [2.45, 2.75) is 34.2 Å².